The van der Waals surface area contributed by atoms with E-state index in [9.17, 15) is 0 Å². The predicted molar refractivity (Wildman–Crippen MR) is 220 cm³/mol. The highest BCUT2D eigenvalue weighted by molar-refractivity contribution is 7.26. The summed E-state index contributed by atoms with van der Waals surface area (Å²) < 4.78 is 2.55. The van der Waals surface area contributed by atoms with Crippen LogP contribution >= 0.6 is 11.3 Å². The second kappa shape index (κ2) is 13.5. The molecule has 1 heterocycles. The molecular weight excluding hydrogens is 637 g/mol. The lowest BCUT2D eigenvalue weighted by Gasteiger charge is -2.29. The lowest BCUT2D eigenvalue weighted by atomic mass is 9.98. The minimum atomic E-state index is 1.11. The maximum absolute atomic E-state index is 2.44. The molecule has 0 radical (unpaired) electrons. The molecular formula is C48H34N2S. The molecule has 0 N–H and O–H groups in total. The summed E-state index contributed by atoms with van der Waals surface area (Å²) >= 11 is 1.87. The van der Waals surface area contributed by atoms with Crippen molar-refractivity contribution in [1.82, 2.24) is 0 Å². The van der Waals surface area contributed by atoms with Crippen LogP contribution in [0.1, 0.15) is 0 Å². The van der Waals surface area contributed by atoms with Gasteiger partial charge in [0.2, 0.25) is 0 Å². The third kappa shape index (κ3) is 5.84. The summed E-state index contributed by atoms with van der Waals surface area (Å²) in [7, 11) is 0. The molecule has 9 rings (SSSR count). The van der Waals surface area contributed by atoms with Gasteiger partial charge < -0.3 is 9.80 Å². The molecule has 9 aromatic rings. The highest BCUT2D eigenvalue weighted by Gasteiger charge is 2.23. The molecule has 0 bridgehead atoms. The fourth-order valence-electron chi connectivity index (χ4n) is 7.04. The molecule has 0 amide bonds. The Kier molecular flexibility index (Phi) is 8.09. The largest absolute Gasteiger partial charge is 0.311 e. The van der Waals surface area contributed by atoms with Crippen molar-refractivity contribution < 1.29 is 0 Å². The van der Waals surface area contributed by atoms with Crippen LogP contribution in [0.25, 0.3) is 42.4 Å². The zero-order valence-electron chi connectivity index (χ0n) is 27.9. The van der Waals surface area contributed by atoms with Gasteiger partial charge >= 0.3 is 0 Å². The summed E-state index contributed by atoms with van der Waals surface area (Å²) in [4.78, 5) is 4.75. The van der Waals surface area contributed by atoms with Crippen LogP contribution in [-0.4, -0.2) is 0 Å². The SMILES string of the molecule is c1ccc(-c2ccc(N(c3ccccc3)c3c(-c4ccc(N(c5ccccc5)c5ccccc5)cc4)ccc4c3sc3ccccc34)cc2)cc1. The van der Waals surface area contributed by atoms with Gasteiger partial charge in [-0.2, -0.15) is 0 Å². The molecule has 242 valence electrons. The Bertz CT molecular complexity index is 2510. The van der Waals surface area contributed by atoms with Crippen molar-refractivity contribution in [2.24, 2.45) is 0 Å². The summed E-state index contributed by atoms with van der Waals surface area (Å²) in [6.07, 6.45) is 0. The predicted octanol–water partition coefficient (Wildman–Crippen LogP) is 14.3. The zero-order chi connectivity index (χ0) is 34.0. The standard InChI is InChI=1S/C48H34N2S/c1-5-15-35(16-6-1)36-25-29-42(30-26-36)50(40-21-11-4-12-22-40)47-43(33-34-45-44-23-13-14-24-46(44)51-48(45)47)37-27-31-41(32-28-37)49(38-17-7-2-8-18-38)39-19-9-3-10-20-39/h1-34H. The minimum absolute atomic E-state index is 1.11. The molecule has 0 aliphatic heterocycles. The maximum atomic E-state index is 2.44. The average Bonchev–Trinajstić information content (AvgIpc) is 3.59. The lowest BCUT2D eigenvalue weighted by Crippen LogP contribution is -2.11. The van der Waals surface area contributed by atoms with Crippen LogP contribution in [0.4, 0.5) is 34.1 Å². The van der Waals surface area contributed by atoms with Crippen LogP contribution in [-0.2, 0) is 0 Å². The van der Waals surface area contributed by atoms with Crippen molar-refractivity contribution in [3.63, 3.8) is 0 Å². The van der Waals surface area contributed by atoms with E-state index in [1.807, 2.05) is 11.3 Å². The monoisotopic (exact) mass is 670 g/mol. The number of fused-ring (bicyclic) bond motifs is 3. The van der Waals surface area contributed by atoms with Gasteiger partial charge in [-0.1, -0.05) is 140 Å². The summed E-state index contributed by atoms with van der Waals surface area (Å²) in [5.74, 6) is 0. The molecule has 0 saturated heterocycles. The van der Waals surface area contributed by atoms with E-state index in [1.165, 1.54) is 42.6 Å². The van der Waals surface area contributed by atoms with E-state index < -0.39 is 0 Å². The second-order valence-electron chi connectivity index (χ2n) is 12.6. The molecule has 0 fully saturated rings. The fourth-order valence-corrected chi connectivity index (χ4v) is 8.28. The van der Waals surface area contributed by atoms with Gasteiger partial charge in [0, 0.05) is 49.5 Å². The minimum Gasteiger partial charge on any atom is -0.311 e. The Balaban J connectivity index is 1.24. The summed E-state index contributed by atoms with van der Waals surface area (Å²) in [5, 5.41) is 2.56. The first kappa shape index (κ1) is 30.6. The fraction of sp³-hybridized carbons (Fsp3) is 0. The van der Waals surface area contributed by atoms with Crippen molar-refractivity contribution in [3.05, 3.63) is 206 Å². The Labute approximate surface area is 302 Å². The van der Waals surface area contributed by atoms with Gasteiger partial charge in [0.15, 0.2) is 0 Å². The first-order valence-corrected chi connectivity index (χ1v) is 18.1. The Morgan fingerprint density at radius 1 is 0.294 bits per heavy atom. The van der Waals surface area contributed by atoms with Gasteiger partial charge in [0.05, 0.1) is 10.4 Å². The van der Waals surface area contributed by atoms with Crippen LogP contribution in [0.3, 0.4) is 0 Å². The highest BCUT2D eigenvalue weighted by atomic mass is 32.1. The third-order valence-corrected chi connectivity index (χ3v) is 10.6. The molecule has 0 atom stereocenters. The summed E-state index contributed by atoms with van der Waals surface area (Å²) in [6, 6.07) is 73.9. The van der Waals surface area contributed by atoms with Gasteiger partial charge in [0.25, 0.3) is 0 Å². The van der Waals surface area contributed by atoms with E-state index in [0.29, 0.717) is 0 Å². The molecule has 0 aliphatic rings. The first-order valence-electron chi connectivity index (χ1n) is 17.3. The first-order chi connectivity index (χ1) is 25.3. The lowest BCUT2D eigenvalue weighted by molar-refractivity contribution is 1.28. The Hall–Kier alpha value is -6.42. The molecule has 0 aliphatic carbocycles. The maximum Gasteiger partial charge on any atom is 0.0718 e. The molecule has 0 saturated carbocycles. The van der Waals surface area contributed by atoms with Crippen LogP contribution in [0, 0.1) is 0 Å². The molecule has 1 aromatic heterocycles. The molecule has 0 unspecified atom stereocenters. The van der Waals surface area contributed by atoms with Gasteiger partial charge in [-0.25, -0.2) is 0 Å². The van der Waals surface area contributed by atoms with E-state index in [4.69, 9.17) is 0 Å². The zero-order valence-corrected chi connectivity index (χ0v) is 28.7. The number of benzene rings is 8. The van der Waals surface area contributed by atoms with E-state index in [2.05, 4.69) is 216 Å². The smallest absolute Gasteiger partial charge is 0.0718 e. The van der Waals surface area contributed by atoms with Gasteiger partial charge in [-0.05, 0) is 83.4 Å². The van der Waals surface area contributed by atoms with Gasteiger partial charge in [-0.15, -0.1) is 11.3 Å². The molecule has 0 spiro atoms. The number of hydrogen-bond donors (Lipinski definition) is 0. The van der Waals surface area contributed by atoms with Crippen molar-refractivity contribution in [1.29, 1.82) is 0 Å². The average molecular weight is 671 g/mol. The highest BCUT2D eigenvalue weighted by Crippen LogP contribution is 2.50. The number of rotatable bonds is 8. The van der Waals surface area contributed by atoms with Gasteiger partial charge in [0.1, 0.15) is 0 Å². The van der Waals surface area contributed by atoms with Crippen molar-refractivity contribution in [2.45, 2.75) is 0 Å². The Morgan fingerprint density at radius 3 is 1.31 bits per heavy atom. The molecule has 8 aromatic carbocycles. The van der Waals surface area contributed by atoms with E-state index >= 15 is 0 Å². The Morgan fingerprint density at radius 2 is 0.725 bits per heavy atom. The second-order valence-corrected chi connectivity index (χ2v) is 13.6. The number of hydrogen-bond acceptors (Lipinski definition) is 3. The topological polar surface area (TPSA) is 6.48 Å². The van der Waals surface area contributed by atoms with Crippen LogP contribution in [0.5, 0.6) is 0 Å². The van der Waals surface area contributed by atoms with Gasteiger partial charge in [-0.3, -0.25) is 0 Å². The normalized spacial score (nSPS) is 11.1. The van der Waals surface area contributed by atoms with E-state index in [0.717, 1.165) is 34.0 Å². The van der Waals surface area contributed by atoms with Crippen molar-refractivity contribution in [3.8, 4) is 22.3 Å². The molecule has 3 heteroatoms. The van der Waals surface area contributed by atoms with Crippen LogP contribution in [0.15, 0.2) is 206 Å². The number of thiophene rings is 1. The third-order valence-electron chi connectivity index (χ3n) is 9.46. The summed E-state index contributed by atoms with van der Waals surface area (Å²) in [6.45, 7) is 0. The van der Waals surface area contributed by atoms with E-state index in [1.54, 1.807) is 0 Å². The number of anilines is 6. The summed E-state index contributed by atoms with van der Waals surface area (Å²) in [5.41, 5.74) is 11.5. The van der Waals surface area contributed by atoms with Crippen molar-refractivity contribution >= 4 is 65.6 Å². The van der Waals surface area contributed by atoms with Crippen LogP contribution < -0.4 is 9.80 Å². The number of nitrogens with zero attached hydrogens (tertiary/aromatic N) is 2. The molecule has 2 nitrogen and oxygen atoms in total. The molecule has 51 heavy (non-hydrogen) atoms. The van der Waals surface area contributed by atoms with E-state index in [-0.39, 0.29) is 0 Å². The quantitative estimate of drug-likeness (QED) is 0.159. The van der Waals surface area contributed by atoms with Crippen LogP contribution in [0.2, 0.25) is 0 Å². The van der Waals surface area contributed by atoms with Crippen molar-refractivity contribution in [2.75, 3.05) is 9.80 Å². The number of para-hydroxylation sites is 3.